The first-order chi connectivity index (χ1) is 21.1. The Bertz CT molecular complexity index is 1490. The lowest BCUT2D eigenvalue weighted by Gasteiger charge is -2.46. The van der Waals surface area contributed by atoms with Crippen molar-refractivity contribution in [1.29, 1.82) is 0 Å². The van der Waals surface area contributed by atoms with E-state index in [-0.39, 0.29) is 24.1 Å². The fraction of sp³-hybridized carbons (Fsp3) is 0.611. The van der Waals surface area contributed by atoms with Gasteiger partial charge in [0.05, 0.1) is 34.1 Å². The highest BCUT2D eigenvalue weighted by molar-refractivity contribution is 5.91. The number of carbonyl (C=O) groups is 2. The monoisotopic (exact) mass is 600 g/mol. The highest BCUT2D eigenvalue weighted by Gasteiger charge is 2.72. The molecule has 0 amide bonds. The lowest BCUT2D eigenvalue weighted by atomic mass is 9.63. The highest BCUT2D eigenvalue weighted by atomic mass is 16.6. The number of ether oxygens (including phenoxy) is 4. The SMILES string of the molecule is C[N+]1(C)[C@@H]2CC(OC(=O)[C@@H]3CC[C@@](C(=O)OC4C[C@@H]5C6OC6[C@H](C4)[N+]5(C)C)(c4ccccc4)c4ccccc43)C[C@H]1C1OC12. The number of hydrogen-bond donors (Lipinski definition) is 0. The molecule has 6 fully saturated rings. The molecule has 232 valence electrons. The molecule has 0 aromatic heterocycles. The van der Waals surface area contributed by atoms with Gasteiger partial charge in [0.25, 0.3) is 0 Å². The zero-order chi connectivity index (χ0) is 30.2. The molecule has 1 aliphatic carbocycles. The van der Waals surface area contributed by atoms with Crippen molar-refractivity contribution in [3.8, 4) is 0 Å². The first-order valence-corrected chi connectivity index (χ1v) is 16.6. The van der Waals surface area contributed by atoms with Gasteiger partial charge in [0.1, 0.15) is 66.2 Å². The molecule has 44 heavy (non-hydrogen) atoms. The lowest BCUT2D eigenvalue weighted by molar-refractivity contribution is -0.938. The molecular formula is C36H44N2O6+2. The molecule has 6 unspecified atom stereocenters. The molecule has 0 saturated carbocycles. The Morgan fingerprint density at radius 2 is 1.20 bits per heavy atom. The van der Waals surface area contributed by atoms with Crippen molar-refractivity contribution in [2.75, 3.05) is 28.2 Å². The molecule has 2 aromatic carbocycles. The van der Waals surface area contributed by atoms with E-state index in [4.69, 9.17) is 18.9 Å². The predicted octanol–water partition coefficient (Wildman–Crippen LogP) is 3.45. The number of morpholine rings is 2. The van der Waals surface area contributed by atoms with Crippen LogP contribution in [0.3, 0.4) is 0 Å². The lowest BCUT2D eigenvalue weighted by Crippen LogP contribution is -2.60. The number of epoxide rings is 2. The van der Waals surface area contributed by atoms with Crippen molar-refractivity contribution in [2.45, 2.75) is 111 Å². The van der Waals surface area contributed by atoms with E-state index in [9.17, 15) is 9.59 Å². The molecule has 0 radical (unpaired) electrons. The van der Waals surface area contributed by atoms with Crippen molar-refractivity contribution in [3.05, 3.63) is 71.3 Å². The Morgan fingerprint density at radius 1 is 0.705 bits per heavy atom. The molecule has 8 nitrogen and oxygen atoms in total. The average Bonchev–Trinajstić information content (AvgIpc) is 3.91. The Morgan fingerprint density at radius 3 is 1.77 bits per heavy atom. The van der Waals surface area contributed by atoms with Crippen LogP contribution in [0, 0.1) is 0 Å². The Hall–Kier alpha value is -2.78. The Balaban J connectivity index is 0.998. The van der Waals surface area contributed by atoms with Gasteiger partial charge in [-0.2, -0.15) is 0 Å². The molecule has 4 bridgehead atoms. The normalized spacial score (nSPS) is 44.5. The number of nitrogens with zero attached hydrogens (tertiary/aromatic N) is 2. The number of esters is 2. The van der Waals surface area contributed by atoms with Crippen LogP contribution < -0.4 is 0 Å². The van der Waals surface area contributed by atoms with Gasteiger partial charge in [0, 0.05) is 25.7 Å². The van der Waals surface area contributed by atoms with E-state index >= 15 is 0 Å². The van der Waals surface area contributed by atoms with Crippen molar-refractivity contribution in [2.24, 2.45) is 0 Å². The van der Waals surface area contributed by atoms with Gasteiger partial charge >= 0.3 is 11.9 Å². The van der Waals surface area contributed by atoms with Gasteiger partial charge < -0.3 is 27.9 Å². The maximum absolute atomic E-state index is 14.6. The van der Waals surface area contributed by atoms with Crippen LogP contribution in [0.1, 0.15) is 61.1 Å². The Kier molecular flexibility index (Phi) is 5.72. The molecule has 6 saturated heterocycles. The van der Waals surface area contributed by atoms with Gasteiger partial charge in [0.2, 0.25) is 0 Å². The van der Waals surface area contributed by atoms with Crippen molar-refractivity contribution < 1.29 is 37.5 Å². The number of hydrogen-bond acceptors (Lipinski definition) is 6. The summed E-state index contributed by atoms with van der Waals surface area (Å²) in [5, 5.41) is 0. The summed E-state index contributed by atoms with van der Waals surface area (Å²) in [6.45, 7) is 0. The van der Waals surface area contributed by atoms with Gasteiger partial charge in [-0.05, 0) is 29.5 Å². The second-order valence-corrected chi connectivity index (χ2v) is 15.6. The predicted molar refractivity (Wildman–Crippen MR) is 161 cm³/mol. The molecule has 9 rings (SSSR count). The van der Waals surface area contributed by atoms with Crippen LogP contribution in [0.25, 0.3) is 0 Å². The van der Waals surface area contributed by atoms with Crippen LogP contribution in [0.2, 0.25) is 0 Å². The average molecular weight is 601 g/mol. The van der Waals surface area contributed by atoms with Crippen molar-refractivity contribution in [1.82, 2.24) is 0 Å². The van der Waals surface area contributed by atoms with Crippen LogP contribution >= 0.6 is 0 Å². The fourth-order valence-corrected chi connectivity index (χ4v) is 10.5. The van der Waals surface area contributed by atoms with Crippen LogP contribution in [0.5, 0.6) is 0 Å². The summed E-state index contributed by atoms with van der Waals surface area (Å²) in [6.07, 6.45) is 5.38. The third-order valence-corrected chi connectivity index (χ3v) is 13.1. The van der Waals surface area contributed by atoms with Crippen molar-refractivity contribution >= 4 is 11.9 Å². The molecule has 8 heteroatoms. The van der Waals surface area contributed by atoms with E-state index in [2.05, 4.69) is 28.2 Å². The van der Waals surface area contributed by atoms with Crippen LogP contribution in [0.4, 0.5) is 0 Å². The summed E-state index contributed by atoms with van der Waals surface area (Å²) in [7, 11) is 9.16. The Labute approximate surface area is 259 Å². The smallest absolute Gasteiger partial charge is 0.321 e. The van der Waals surface area contributed by atoms with E-state index in [1.165, 1.54) is 0 Å². The number of likely N-dealkylation sites (N-methyl/N-ethyl adjacent to an activating group) is 2. The third-order valence-electron chi connectivity index (χ3n) is 13.1. The number of carbonyl (C=O) groups excluding carboxylic acids is 2. The molecule has 7 aliphatic rings. The molecule has 12 atom stereocenters. The number of fused-ring (bicyclic) bond motifs is 11. The van der Waals surface area contributed by atoms with E-state index in [1.54, 1.807) is 0 Å². The third kappa shape index (κ3) is 3.71. The molecule has 6 aliphatic heterocycles. The van der Waals surface area contributed by atoms with Crippen LogP contribution in [-0.2, 0) is 34.0 Å². The molecule has 6 heterocycles. The summed E-state index contributed by atoms with van der Waals surface area (Å²) in [6, 6.07) is 19.5. The number of piperidine rings is 2. The van der Waals surface area contributed by atoms with Gasteiger partial charge in [0.15, 0.2) is 0 Å². The van der Waals surface area contributed by atoms with E-state index in [0.717, 1.165) is 51.3 Å². The minimum atomic E-state index is -0.973. The molecular weight excluding hydrogens is 556 g/mol. The summed E-state index contributed by atoms with van der Waals surface area (Å²) < 4.78 is 26.7. The summed E-state index contributed by atoms with van der Waals surface area (Å²) >= 11 is 0. The fourth-order valence-electron chi connectivity index (χ4n) is 10.5. The summed E-state index contributed by atoms with van der Waals surface area (Å²) in [5.74, 6) is -0.768. The second-order valence-electron chi connectivity index (χ2n) is 15.6. The van der Waals surface area contributed by atoms with Gasteiger partial charge in [-0.3, -0.25) is 9.59 Å². The van der Waals surface area contributed by atoms with Gasteiger partial charge in [-0.15, -0.1) is 0 Å². The van der Waals surface area contributed by atoms with Crippen LogP contribution in [0.15, 0.2) is 54.6 Å². The molecule has 0 N–H and O–H groups in total. The highest BCUT2D eigenvalue weighted by Crippen LogP contribution is 2.54. The van der Waals surface area contributed by atoms with Crippen molar-refractivity contribution in [3.63, 3.8) is 0 Å². The van der Waals surface area contributed by atoms with E-state index < -0.39 is 11.3 Å². The zero-order valence-corrected chi connectivity index (χ0v) is 26.1. The summed E-state index contributed by atoms with van der Waals surface area (Å²) in [5.41, 5.74) is 1.72. The first-order valence-electron chi connectivity index (χ1n) is 16.6. The second kappa shape index (κ2) is 9.15. The van der Waals surface area contributed by atoms with E-state index in [0.29, 0.717) is 61.4 Å². The maximum Gasteiger partial charge on any atom is 0.321 e. The minimum absolute atomic E-state index is 0.0856. The molecule has 0 spiro atoms. The number of benzene rings is 2. The quantitative estimate of drug-likeness (QED) is 0.297. The maximum atomic E-state index is 14.6. The largest absolute Gasteiger partial charge is 0.461 e. The zero-order valence-electron chi connectivity index (χ0n) is 26.1. The first kappa shape index (κ1) is 27.5. The molecule has 2 aromatic rings. The van der Waals surface area contributed by atoms with Crippen LogP contribution in [-0.4, -0.2) is 110 Å². The topological polar surface area (TPSA) is 77.7 Å². The van der Waals surface area contributed by atoms with Gasteiger partial charge in [-0.1, -0.05) is 54.6 Å². The minimum Gasteiger partial charge on any atom is -0.461 e. The number of quaternary nitrogens is 2. The van der Waals surface area contributed by atoms with E-state index in [1.807, 2.05) is 54.6 Å². The number of rotatable bonds is 5. The standard InChI is InChI=1S/C36H44N2O6/c1-37(2)26-16-21(17-27(37)31-30(26)43-31)41-34(39)24-14-15-36(20-10-6-5-7-11-20,25-13-9-8-12-23(24)25)35(40)42-22-18-28-32-33(44-32)29(19-22)38(28,3)4/h5-13,21-22,24,26-33H,14-19H2,1-4H3/q+2/t21?,22?,24-,26-,27+,28-,29+,30?,31?,32?,33?,36-/m1/s1. The summed E-state index contributed by atoms with van der Waals surface area (Å²) in [4.78, 5) is 28.6. The van der Waals surface area contributed by atoms with Gasteiger partial charge in [-0.25, -0.2) is 0 Å².